The summed E-state index contributed by atoms with van der Waals surface area (Å²) in [5.74, 6) is -0.829. The molecule has 0 radical (unpaired) electrons. The SMILES string of the molecule is CCCC(c1ccc(C(=O)NCCC(=O)O)cc1)C(c1ccc(Cl)cc1)c1sc2ccccc2c1C. The van der Waals surface area contributed by atoms with Gasteiger partial charge in [0.15, 0.2) is 0 Å². The van der Waals surface area contributed by atoms with Crippen molar-refractivity contribution in [3.63, 3.8) is 0 Å². The third kappa shape index (κ3) is 5.80. The monoisotopic (exact) mass is 519 g/mol. The van der Waals surface area contributed by atoms with Crippen LogP contribution < -0.4 is 5.32 Å². The number of carbonyl (C=O) groups excluding carboxylic acids is 1. The molecular formula is C30H30ClNO3S. The van der Waals surface area contributed by atoms with Crippen molar-refractivity contribution in [2.45, 2.75) is 44.9 Å². The number of halogens is 1. The minimum absolute atomic E-state index is 0.0975. The van der Waals surface area contributed by atoms with Crippen LogP contribution in [0.2, 0.25) is 5.02 Å². The van der Waals surface area contributed by atoms with Crippen LogP contribution in [-0.2, 0) is 4.79 Å². The average Bonchev–Trinajstić information content (AvgIpc) is 3.21. The summed E-state index contributed by atoms with van der Waals surface area (Å²) in [7, 11) is 0. The Morgan fingerprint density at radius 2 is 1.64 bits per heavy atom. The van der Waals surface area contributed by atoms with Crippen molar-refractivity contribution >= 4 is 44.9 Å². The number of aryl methyl sites for hydroxylation is 1. The van der Waals surface area contributed by atoms with Gasteiger partial charge in [0, 0.05) is 32.6 Å². The highest BCUT2D eigenvalue weighted by atomic mass is 35.5. The maximum absolute atomic E-state index is 12.5. The van der Waals surface area contributed by atoms with Crippen molar-refractivity contribution in [1.29, 1.82) is 0 Å². The van der Waals surface area contributed by atoms with Gasteiger partial charge in [-0.15, -0.1) is 11.3 Å². The first-order chi connectivity index (χ1) is 17.4. The van der Waals surface area contributed by atoms with Crippen LogP contribution in [0.25, 0.3) is 10.1 Å². The molecule has 3 aromatic carbocycles. The van der Waals surface area contributed by atoms with E-state index in [0.29, 0.717) is 5.56 Å². The number of hydrogen-bond acceptors (Lipinski definition) is 3. The molecule has 4 rings (SSSR count). The number of aliphatic carboxylic acids is 1. The Balaban J connectivity index is 1.73. The molecule has 2 atom stereocenters. The molecule has 36 heavy (non-hydrogen) atoms. The number of nitrogens with one attached hydrogen (secondary N) is 1. The van der Waals surface area contributed by atoms with Gasteiger partial charge in [-0.2, -0.15) is 0 Å². The predicted molar refractivity (Wildman–Crippen MR) is 149 cm³/mol. The zero-order valence-corrected chi connectivity index (χ0v) is 22.0. The number of benzene rings is 3. The van der Waals surface area contributed by atoms with E-state index in [1.165, 1.54) is 31.7 Å². The highest BCUT2D eigenvalue weighted by Gasteiger charge is 2.29. The first-order valence-corrected chi connectivity index (χ1v) is 13.4. The molecule has 186 valence electrons. The molecule has 6 heteroatoms. The lowest BCUT2D eigenvalue weighted by Crippen LogP contribution is -2.26. The molecule has 0 aliphatic rings. The van der Waals surface area contributed by atoms with E-state index >= 15 is 0 Å². The molecular weight excluding hydrogens is 490 g/mol. The predicted octanol–water partition coefficient (Wildman–Crippen LogP) is 7.78. The second-order valence-electron chi connectivity index (χ2n) is 9.03. The second-order valence-corrected chi connectivity index (χ2v) is 10.6. The molecule has 0 saturated heterocycles. The van der Waals surface area contributed by atoms with Crippen molar-refractivity contribution in [2.24, 2.45) is 0 Å². The molecule has 1 aromatic heterocycles. The van der Waals surface area contributed by atoms with Crippen LogP contribution in [0.3, 0.4) is 0 Å². The van der Waals surface area contributed by atoms with E-state index in [2.05, 4.69) is 55.6 Å². The van der Waals surface area contributed by atoms with E-state index in [4.69, 9.17) is 16.7 Å². The fraction of sp³-hybridized carbons (Fsp3) is 0.267. The molecule has 0 bridgehead atoms. The van der Waals surface area contributed by atoms with E-state index in [1.54, 1.807) is 0 Å². The quantitative estimate of drug-likeness (QED) is 0.225. The largest absolute Gasteiger partial charge is 0.481 e. The molecule has 4 aromatic rings. The normalized spacial score (nSPS) is 12.9. The van der Waals surface area contributed by atoms with Crippen molar-refractivity contribution in [3.8, 4) is 0 Å². The average molecular weight is 520 g/mol. The van der Waals surface area contributed by atoms with Crippen LogP contribution in [0.5, 0.6) is 0 Å². The Hall–Kier alpha value is -3.15. The second kappa shape index (κ2) is 11.7. The summed E-state index contributed by atoms with van der Waals surface area (Å²) in [5, 5.41) is 13.5. The lowest BCUT2D eigenvalue weighted by molar-refractivity contribution is -0.136. The van der Waals surface area contributed by atoms with Crippen molar-refractivity contribution in [3.05, 3.63) is 105 Å². The van der Waals surface area contributed by atoms with E-state index in [1.807, 2.05) is 47.7 Å². The molecule has 0 fully saturated rings. The smallest absolute Gasteiger partial charge is 0.305 e. The Kier molecular flexibility index (Phi) is 8.44. The van der Waals surface area contributed by atoms with Gasteiger partial charge >= 0.3 is 5.97 Å². The molecule has 1 amide bonds. The van der Waals surface area contributed by atoms with Crippen molar-refractivity contribution in [2.75, 3.05) is 6.54 Å². The maximum Gasteiger partial charge on any atom is 0.305 e. The highest BCUT2D eigenvalue weighted by molar-refractivity contribution is 7.19. The third-order valence-electron chi connectivity index (χ3n) is 6.62. The number of carbonyl (C=O) groups is 2. The van der Waals surface area contributed by atoms with Gasteiger partial charge in [0.1, 0.15) is 0 Å². The van der Waals surface area contributed by atoms with Gasteiger partial charge < -0.3 is 10.4 Å². The third-order valence-corrected chi connectivity index (χ3v) is 8.23. The minimum atomic E-state index is -0.933. The van der Waals surface area contributed by atoms with Gasteiger partial charge in [0.2, 0.25) is 0 Å². The first kappa shape index (κ1) is 25.9. The molecule has 4 nitrogen and oxygen atoms in total. The summed E-state index contributed by atoms with van der Waals surface area (Å²) in [5.41, 5.74) is 4.24. The molecule has 0 saturated carbocycles. The number of amides is 1. The first-order valence-electron chi connectivity index (χ1n) is 12.2. The summed E-state index contributed by atoms with van der Waals surface area (Å²) in [6.45, 7) is 4.52. The zero-order chi connectivity index (χ0) is 25.7. The minimum Gasteiger partial charge on any atom is -0.481 e. The zero-order valence-electron chi connectivity index (χ0n) is 20.5. The lowest BCUT2D eigenvalue weighted by Gasteiger charge is -2.28. The summed E-state index contributed by atoms with van der Waals surface area (Å²) in [4.78, 5) is 24.6. The summed E-state index contributed by atoms with van der Waals surface area (Å²) in [6.07, 6.45) is 1.92. The summed E-state index contributed by atoms with van der Waals surface area (Å²) in [6, 6.07) is 24.5. The fourth-order valence-corrected chi connectivity index (χ4v) is 6.36. The fourth-order valence-electron chi connectivity index (χ4n) is 4.83. The van der Waals surface area contributed by atoms with Crippen molar-refractivity contribution < 1.29 is 14.7 Å². The van der Waals surface area contributed by atoms with Crippen LogP contribution in [0.15, 0.2) is 72.8 Å². The number of hydrogen-bond donors (Lipinski definition) is 2. The molecule has 1 heterocycles. The number of carboxylic acid groups (broad SMARTS) is 1. The number of rotatable bonds is 10. The van der Waals surface area contributed by atoms with Gasteiger partial charge in [-0.25, -0.2) is 0 Å². The Morgan fingerprint density at radius 1 is 0.972 bits per heavy atom. The summed E-state index contributed by atoms with van der Waals surface area (Å²) < 4.78 is 1.28. The van der Waals surface area contributed by atoms with E-state index in [0.717, 1.165) is 17.9 Å². The van der Waals surface area contributed by atoms with E-state index < -0.39 is 5.97 Å². The van der Waals surface area contributed by atoms with Crippen LogP contribution in [0, 0.1) is 6.92 Å². The highest BCUT2D eigenvalue weighted by Crippen LogP contribution is 2.47. The molecule has 0 aliphatic heterocycles. The topological polar surface area (TPSA) is 66.4 Å². The number of carboxylic acids is 1. The van der Waals surface area contributed by atoms with E-state index in [9.17, 15) is 9.59 Å². The standard InChI is InChI=1S/C30H30ClNO3S/c1-3-6-25(20-9-11-22(12-10-20)30(35)32-18-17-27(33)34)28(21-13-15-23(31)16-14-21)29-19(2)24-7-4-5-8-26(24)36-29/h4-5,7-16,25,28H,3,6,17-18H2,1-2H3,(H,32,35)(H,33,34). The summed E-state index contributed by atoms with van der Waals surface area (Å²) >= 11 is 8.10. The Bertz CT molecular complexity index is 1350. The Labute approximate surface area is 220 Å². The van der Waals surface area contributed by atoms with Crippen LogP contribution >= 0.6 is 22.9 Å². The van der Waals surface area contributed by atoms with Crippen LogP contribution in [0.1, 0.15) is 69.9 Å². The van der Waals surface area contributed by atoms with Crippen LogP contribution in [0.4, 0.5) is 0 Å². The molecule has 2 unspecified atom stereocenters. The maximum atomic E-state index is 12.5. The number of fused-ring (bicyclic) bond motifs is 1. The van der Waals surface area contributed by atoms with E-state index in [-0.39, 0.29) is 30.7 Å². The van der Waals surface area contributed by atoms with Gasteiger partial charge in [0.25, 0.3) is 5.91 Å². The molecule has 2 N–H and O–H groups in total. The van der Waals surface area contributed by atoms with Gasteiger partial charge in [-0.3, -0.25) is 9.59 Å². The lowest BCUT2D eigenvalue weighted by atomic mass is 9.77. The van der Waals surface area contributed by atoms with Gasteiger partial charge in [-0.05, 0) is 71.7 Å². The number of thiophene rings is 1. The van der Waals surface area contributed by atoms with Crippen LogP contribution in [-0.4, -0.2) is 23.5 Å². The Morgan fingerprint density at radius 3 is 2.28 bits per heavy atom. The molecule has 0 aliphatic carbocycles. The van der Waals surface area contributed by atoms with Crippen molar-refractivity contribution in [1.82, 2.24) is 5.32 Å². The molecule has 0 spiro atoms. The van der Waals surface area contributed by atoms with Gasteiger partial charge in [0.05, 0.1) is 6.42 Å². The van der Waals surface area contributed by atoms with Gasteiger partial charge in [-0.1, -0.05) is 67.4 Å².